The summed E-state index contributed by atoms with van der Waals surface area (Å²) in [5, 5.41) is 8.84. The van der Waals surface area contributed by atoms with Crippen LogP contribution in [-0.4, -0.2) is 31.9 Å². The Labute approximate surface area is 120 Å². The molecule has 2 unspecified atom stereocenters. The monoisotopic (exact) mass is 293 g/mol. The van der Waals surface area contributed by atoms with Gasteiger partial charge in [-0.15, -0.1) is 0 Å². The van der Waals surface area contributed by atoms with E-state index in [4.69, 9.17) is 11.0 Å². The van der Waals surface area contributed by atoms with Crippen LogP contribution in [0.5, 0.6) is 0 Å². The minimum Gasteiger partial charge on any atom is -0.328 e. The average molecular weight is 293 g/mol. The van der Waals surface area contributed by atoms with E-state index in [0.717, 1.165) is 6.42 Å². The molecule has 1 saturated heterocycles. The zero-order valence-electron chi connectivity index (χ0n) is 11.5. The van der Waals surface area contributed by atoms with E-state index in [0.29, 0.717) is 24.2 Å². The average Bonchev–Trinajstić information content (AvgIpc) is 2.89. The number of nitrogens with zero attached hydrogens (tertiary/aromatic N) is 2. The molecule has 0 aliphatic carbocycles. The Kier molecular flexibility index (Phi) is 4.43. The molecule has 1 aliphatic heterocycles. The lowest BCUT2D eigenvalue weighted by Crippen LogP contribution is -2.33. The van der Waals surface area contributed by atoms with Gasteiger partial charge in [0.15, 0.2) is 0 Å². The topological polar surface area (TPSA) is 87.2 Å². The first-order chi connectivity index (χ1) is 9.42. The number of hydrogen-bond donors (Lipinski definition) is 1. The van der Waals surface area contributed by atoms with E-state index in [9.17, 15) is 8.42 Å². The third-order valence-electron chi connectivity index (χ3n) is 3.73. The predicted octanol–water partition coefficient (Wildman–Crippen LogP) is 1.06. The second-order valence-electron chi connectivity index (χ2n) is 5.33. The summed E-state index contributed by atoms with van der Waals surface area (Å²) in [6.45, 7) is 2.95. The minimum atomic E-state index is -3.34. The first-order valence-corrected chi connectivity index (χ1v) is 8.26. The highest BCUT2D eigenvalue weighted by Crippen LogP contribution is 2.23. The quantitative estimate of drug-likeness (QED) is 0.899. The molecule has 0 bridgehead atoms. The molecule has 0 amide bonds. The molecule has 2 atom stereocenters. The molecule has 2 N–H and O–H groups in total. The molecule has 0 saturated carbocycles. The van der Waals surface area contributed by atoms with Crippen molar-refractivity contribution < 1.29 is 8.42 Å². The summed E-state index contributed by atoms with van der Waals surface area (Å²) in [7, 11) is -3.34. The number of benzene rings is 1. The van der Waals surface area contributed by atoms with E-state index in [-0.39, 0.29) is 17.7 Å². The summed E-state index contributed by atoms with van der Waals surface area (Å²) in [5.74, 6) is 0.170. The fourth-order valence-corrected chi connectivity index (χ4v) is 4.05. The minimum absolute atomic E-state index is 0.0112. The van der Waals surface area contributed by atoms with Crippen molar-refractivity contribution in [3.8, 4) is 6.07 Å². The third-order valence-corrected chi connectivity index (χ3v) is 5.55. The SMILES string of the molecule is CC(N)C1CCN(S(=O)(=O)Cc2cccc(C#N)c2)C1. The van der Waals surface area contributed by atoms with Crippen molar-refractivity contribution in [3.05, 3.63) is 35.4 Å². The van der Waals surface area contributed by atoms with Gasteiger partial charge >= 0.3 is 0 Å². The van der Waals surface area contributed by atoms with E-state index >= 15 is 0 Å². The van der Waals surface area contributed by atoms with Crippen molar-refractivity contribution in [2.75, 3.05) is 13.1 Å². The standard InChI is InChI=1S/C14H19N3O2S/c1-11(16)14-5-6-17(9-14)20(18,19)10-13-4-2-3-12(7-13)8-15/h2-4,7,11,14H,5-6,9-10,16H2,1H3. The van der Waals surface area contributed by atoms with Crippen LogP contribution in [0.1, 0.15) is 24.5 Å². The second-order valence-corrected chi connectivity index (χ2v) is 7.30. The van der Waals surface area contributed by atoms with Crippen LogP contribution in [0.25, 0.3) is 0 Å². The molecule has 1 aromatic carbocycles. The maximum atomic E-state index is 12.4. The maximum Gasteiger partial charge on any atom is 0.218 e. The van der Waals surface area contributed by atoms with Crippen LogP contribution in [0.2, 0.25) is 0 Å². The molecule has 20 heavy (non-hydrogen) atoms. The van der Waals surface area contributed by atoms with Crippen LogP contribution in [0.3, 0.4) is 0 Å². The molecule has 0 spiro atoms. The highest BCUT2D eigenvalue weighted by molar-refractivity contribution is 7.88. The maximum absolute atomic E-state index is 12.4. The molecule has 5 nitrogen and oxygen atoms in total. The molecule has 6 heteroatoms. The Morgan fingerprint density at radius 1 is 1.55 bits per heavy atom. The van der Waals surface area contributed by atoms with Crippen molar-refractivity contribution >= 4 is 10.0 Å². The van der Waals surface area contributed by atoms with Gasteiger partial charge in [-0.2, -0.15) is 5.26 Å². The Hall–Kier alpha value is -1.42. The highest BCUT2D eigenvalue weighted by Gasteiger charge is 2.32. The largest absolute Gasteiger partial charge is 0.328 e. The zero-order chi connectivity index (χ0) is 14.8. The van der Waals surface area contributed by atoms with Crippen LogP contribution in [0.4, 0.5) is 0 Å². The summed E-state index contributed by atoms with van der Waals surface area (Å²) in [4.78, 5) is 0. The lowest BCUT2D eigenvalue weighted by atomic mass is 10.0. The van der Waals surface area contributed by atoms with E-state index in [1.807, 2.05) is 13.0 Å². The molecule has 1 aliphatic rings. The molecule has 1 fully saturated rings. The van der Waals surface area contributed by atoms with Gasteiger partial charge in [-0.05, 0) is 37.0 Å². The first kappa shape index (κ1) is 15.0. The molecule has 2 rings (SSSR count). The highest BCUT2D eigenvalue weighted by atomic mass is 32.2. The summed E-state index contributed by atoms with van der Waals surface area (Å²) in [6, 6.07) is 8.76. The van der Waals surface area contributed by atoms with Crippen molar-refractivity contribution in [1.82, 2.24) is 4.31 Å². The van der Waals surface area contributed by atoms with Gasteiger partial charge < -0.3 is 5.73 Å². The zero-order valence-corrected chi connectivity index (χ0v) is 12.3. The molecule has 0 radical (unpaired) electrons. The van der Waals surface area contributed by atoms with E-state index in [1.165, 1.54) is 4.31 Å². The number of hydrogen-bond acceptors (Lipinski definition) is 4. The Bertz CT molecular complexity index is 620. The molecular formula is C14H19N3O2S. The summed E-state index contributed by atoms with van der Waals surface area (Å²) in [5.41, 5.74) is 6.96. The number of nitriles is 1. The van der Waals surface area contributed by atoms with Crippen LogP contribution in [0.15, 0.2) is 24.3 Å². The van der Waals surface area contributed by atoms with Crippen molar-refractivity contribution in [1.29, 1.82) is 5.26 Å². The molecule has 108 valence electrons. The lowest BCUT2D eigenvalue weighted by Gasteiger charge is -2.18. The van der Waals surface area contributed by atoms with Crippen LogP contribution in [-0.2, 0) is 15.8 Å². The van der Waals surface area contributed by atoms with Gasteiger partial charge in [0, 0.05) is 19.1 Å². The van der Waals surface area contributed by atoms with E-state index < -0.39 is 10.0 Å². The van der Waals surface area contributed by atoms with E-state index in [1.54, 1.807) is 24.3 Å². The van der Waals surface area contributed by atoms with E-state index in [2.05, 4.69) is 0 Å². The van der Waals surface area contributed by atoms with Gasteiger partial charge in [0.1, 0.15) is 0 Å². The molecule has 0 aromatic heterocycles. The predicted molar refractivity (Wildman–Crippen MR) is 77.1 cm³/mol. The Balaban J connectivity index is 2.10. The lowest BCUT2D eigenvalue weighted by molar-refractivity contribution is 0.428. The van der Waals surface area contributed by atoms with Crippen molar-refractivity contribution in [3.63, 3.8) is 0 Å². The summed E-state index contributed by atoms with van der Waals surface area (Å²) < 4.78 is 26.3. The Morgan fingerprint density at radius 2 is 2.30 bits per heavy atom. The first-order valence-electron chi connectivity index (χ1n) is 6.65. The van der Waals surface area contributed by atoms with Gasteiger partial charge in [-0.25, -0.2) is 12.7 Å². The number of sulfonamides is 1. The van der Waals surface area contributed by atoms with Crippen LogP contribution >= 0.6 is 0 Å². The van der Waals surface area contributed by atoms with Gasteiger partial charge in [-0.1, -0.05) is 12.1 Å². The van der Waals surface area contributed by atoms with Crippen LogP contribution in [0, 0.1) is 17.2 Å². The van der Waals surface area contributed by atoms with Crippen molar-refractivity contribution in [2.45, 2.75) is 25.1 Å². The van der Waals surface area contributed by atoms with Crippen LogP contribution < -0.4 is 5.73 Å². The fourth-order valence-electron chi connectivity index (χ4n) is 2.47. The molecular weight excluding hydrogens is 274 g/mol. The molecule has 1 aromatic rings. The van der Waals surface area contributed by atoms with Gasteiger partial charge in [0.2, 0.25) is 10.0 Å². The number of nitrogens with two attached hydrogens (primary N) is 1. The number of rotatable bonds is 4. The smallest absolute Gasteiger partial charge is 0.218 e. The summed E-state index contributed by atoms with van der Waals surface area (Å²) >= 11 is 0. The van der Waals surface area contributed by atoms with Gasteiger partial charge in [-0.3, -0.25) is 0 Å². The Morgan fingerprint density at radius 3 is 2.90 bits per heavy atom. The van der Waals surface area contributed by atoms with Gasteiger partial charge in [0.25, 0.3) is 0 Å². The normalized spacial score (nSPS) is 21.6. The van der Waals surface area contributed by atoms with Crippen molar-refractivity contribution in [2.24, 2.45) is 11.7 Å². The summed E-state index contributed by atoms with van der Waals surface area (Å²) in [6.07, 6.45) is 0.815. The molecule has 1 heterocycles. The fraction of sp³-hybridized carbons (Fsp3) is 0.500. The third kappa shape index (κ3) is 3.37. The van der Waals surface area contributed by atoms with Gasteiger partial charge in [0.05, 0.1) is 17.4 Å². The second kappa shape index (κ2) is 5.92.